The van der Waals surface area contributed by atoms with E-state index in [1.807, 2.05) is 6.20 Å². The van der Waals surface area contributed by atoms with Crippen LogP contribution in [0.5, 0.6) is 11.6 Å². The molecule has 2 amide bonds. The van der Waals surface area contributed by atoms with Gasteiger partial charge in [0.25, 0.3) is 0 Å². The molecule has 1 aromatic carbocycles. The average Bonchev–Trinajstić information content (AvgIpc) is 3.29. The fourth-order valence-electron chi connectivity index (χ4n) is 5.32. The number of nitrogens with zero attached hydrogens (tertiary/aromatic N) is 6. The summed E-state index contributed by atoms with van der Waals surface area (Å²) in [6.07, 6.45) is 0.240. The summed E-state index contributed by atoms with van der Waals surface area (Å²) < 4.78 is 53.6. The van der Waals surface area contributed by atoms with Crippen LogP contribution in [0.3, 0.4) is 0 Å². The number of hydrogen-bond donors (Lipinski definition) is 0. The van der Waals surface area contributed by atoms with Crippen LogP contribution in [0.4, 0.5) is 29.5 Å². The molecule has 2 aliphatic rings. The van der Waals surface area contributed by atoms with Crippen molar-refractivity contribution in [2.45, 2.75) is 38.1 Å². The van der Waals surface area contributed by atoms with Crippen molar-refractivity contribution in [3.05, 3.63) is 59.4 Å². The molecule has 1 saturated heterocycles. The largest absolute Gasteiger partial charge is 0.494 e. The summed E-state index contributed by atoms with van der Waals surface area (Å²) in [5.74, 6) is 1.51. The number of carbonyl (C=O) groups is 1. The zero-order valence-corrected chi connectivity index (χ0v) is 21.4. The normalized spacial score (nSPS) is 16.6. The third kappa shape index (κ3) is 4.70. The van der Waals surface area contributed by atoms with Crippen molar-refractivity contribution in [1.82, 2.24) is 19.7 Å². The molecule has 0 unspecified atom stereocenters. The Morgan fingerprint density at radius 2 is 1.82 bits per heavy atom. The lowest BCUT2D eigenvalue weighted by Crippen LogP contribution is -2.54. The summed E-state index contributed by atoms with van der Waals surface area (Å²) in [7, 11) is 4.89. The number of ether oxygens (including phenoxy) is 2. The zero-order valence-electron chi connectivity index (χ0n) is 21.4. The summed E-state index contributed by atoms with van der Waals surface area (Å²) in [5.41, 5.74) is 0.836. The van der Waals surface area contributed by atoms with Gasteiger partial charge in [-0.2, -0.15) is 18.3 Å². The van der Waals surface area contributed by atoms with Gasteiger partial charge >= 0.3 is 12.2 Å². The van der Waals surface area contributed by atoms with Crippen LogP contribution in [0.25, 0.3) is 0 Å². The van der Waals surface area contributed by atoms with Crippen LogP contribution in [0.15, 0.2) is 42.7 Å². The van der Waals surface area contributed by atoms with Crippen molar-refractivity contribution in [1.29, 1.82) is 0 Å². The number of alkyl halides is 3. The van der Waals surface area contributed by atoms with E-state index in [1.165, 1.54) is 17.0 Å². The standard InChI is InChI=1S/C26H29F3N6O3/c1-32-14-18-16-34(19-9-12-33(13-10-19)22-21(37-2)8-11-30-24(22)38-3)25(36)35(23(18)31-32)15-17-6-4-5-7-20(17)26(27,28)29/h4-8,11,14,19H,9-10,12-13,15-16H2,1-3H3. The number of aromatic nitrogens is 3. The topological polar surface area (TPSA) is 76.0 Å². The van der Waals surface area contributed by atoms with Gasteiger partial charge in [0.1, 0.15) is 11.4 Å². The molecular weight excluding hydrogens is 501 g/mol. The van der Waals surface area contributed by atoms with Gasteiger partial charge < -0.3 is 19.3 Å². The summed E-state index contributed by atoms with van der Waals surface area (Å²) in [4.78, 5) is 23.3. The van der Waals surface area contributed by atoms with E-state index in [1.54, 1.807) is 49.2 Å². The number of piperidine rings is 1. The van der Waals surface area contributed by atoms with E-state index in [0.717, 1.165) is 17.3 Å². The Morgan fingerprint density at radius 3 is 2.50 bits per heavy atom. The lowest BCUT2D eigenvalue weighted by molar-refractivity contribution is -0.138. The molecule has 0 atom stereocenters. The minimum Gasteiger partial charge on any atom is -0.494 e. The Morgan fingerprint density at radius 1 is 1.08 bits per heavy atom. The van der Waals surface area contributed by atoms with Gasteiger partial charge in [0.2, 0.25) is 5.88 Å². The van der Waals surface area contributed by atoms with Gasteiger partial charge in [0, 0.05) is 50.2 Å². The highest BCUT2D eigenvalue weighted by Crippen LogP contribution is 2.39. The summed E-state index contributed by atoms with van der Waals surface area (Å²) in [6, 6.07) is 6.68. The number of rotatable bonds is 6. The SMILES string of the molecule is COc1ccnc(OC)c1N1CCC(N2Cc3cn(C)nc3N(Cc3ccccc3C(F)(F)F)C2=O)CC1. The third-order valence-electron chi connectivity index (χ3n) is 7.09. The molecule has 0 aliphatic carbocycles. The van der Waals surface area contributed by atoms with Crippen LogP contribution in [0.1, 0.15) is 29.5 Å². The molecule has 2 aromatic heterocycles. The Kier molecular flexibility index (Phi) is 6.80. The lowest BCUT2D eigenvalue weighted by Gasteiger charge is -2.43. The quantitative estimate of drug-likeness (QED) is 0.469. The second-order valence-electron chi connectivity index (χ2n) is 9.39. The van der Waals surface area contributed by atoms with E-state index in [-0.39, 0.29) is 24.2 Å². The first-order valence-corrected chi connectivity index (χ1v) is 12.3. The molecule has 2 aliphatic heterocycles. The molecule has 1 fully saturated rings. The molecule has 0 bridgehead atoms. The number of pyridine rings is 1. The Hall–Kier alpha value is -3.96. The molecule has 0 N–H and O–H groups in total. The molecule has 4 heterocycles. The van der Waals surface area contributed by atoms with Crippen LogP contribution in [0, 0.1) is 0 Å². The van der Waals surface area contributed by atoms with Crippen molar-refractivity contribution in [2.75, 3.05) is 37.1 Å². The van der Waals surface area contributed by atoms with Crippen LogP contribution in [-0.2, 0) is 26.3 Å². The monoisotopic (exact) mass is 530 g/mol. The number of fused-ring (bicyclic) bond motifs is 1. The number of halogens is 3. The van der Waals surface area contributed by atoms with Gasteiger partial charge in [-0.1, -0.05) is 18.2 Å². The predicted molar refractivity (Wildman–Crippen MR) is 134 cm³/mol. The molecule has 0 saturated carbocycles. The van der Waals surface area contributed by atoms with Gasteiger partial charge in [0.05, 0.1) is 32.9 Å². The van der Waals surface area contributed by atoms with Crippen molar-refractivity contribution in [3.8, 4) is 11.6 Å². The number of methoxy groups -OCH3 is 2. The predicted octanol–water partition coefficient (Wildman–Crippen LogP) is 4.46. The maximum absolute atomic E-state index is 13.8. The summed E-state index contributed by atoms with van der Waals surface area (Å²) in [5, 5.41) is 4.41. The number of carbonyl (C=O) groups excluding carboxylic acids is 1. The average molecular weight is 531 g/mol. The van der Waals surface area contributed by atoms with Crippen LogP contribution in [-0.4, -0.2) is 59.0 Å². The van der Waals surface area contributed by atoms with Crippen LogP contribution >= 0.6 is 0 Å². The Bertz CT molecular complexity index is 1300. The van der Waals surface area contributed by atoms with Crippen LogP contribution in [0.2, 0.25) is 0 Å². The molecule has 5 rings (SSSR count). The second kappa shape index (κ2) is 10.1. The van der Waals surface area contributed by atoms with Gasteiger partial charge in [0.15, 0.2) is 5.82 Å². The van der Waals surface area contributed by atoms with E-state index in [2.05, 4.69) is 15.0 Å². The number of urea groups is 1. The first-order chi connectivity index (χ1) is 18.2. The number of hydrogen-bond acceptors (Lipinski definition) is 6. The van der Waals surface area contributed by atoms with E-state index >= 15 is 0 Å². The molecule has 0 radical (unpaired) electrons. The Balaban J connectivity index is 1.39. The highest BCUT2D eigenvalue weighted by Gasteiger charge is 2.40. The third-order valence-corrected chi connectivity index (χ3v) is 7.09. The molecule has 3 aromatic rings. The summed E-state index contributed by atoms with van der Waals surface area (Å²) in [6.45, 7) is 1.38. The highest BCUT2D eigenvalue weighted by molar-refractivity contribution is 5.94. The molecule has 202 valence electrons. The molecule has 0 spiro atoms. The molecule has 38 heavy (non-hydrogen) atoms. The smallest absolute Gasteiger partial charge is 0.416 e. The summed E-state index contributed by atoms with van der Waals surface area (Å²) >= 11 is 0. The van der Waals surface area contributed by atoms with Crippen molar-refractivity contribution >= 4 is 17.5 Å². The van der Waals surface area contributed by atoms with E-state index in [0.29, 0.717) is 49.9 Å². The fraction of sp³-hybridized carbons (Fsp3) is 0.423. The van der Waals surface area contributed by atoms with E-state index in [4.69, 9.17) is 9.47 Å². The molecular formula is C26H29F3N6O3. The molecule has 9 nitrogen and oxygen atoms in total. The minimum absolute atomic E-state index is 0.0254. The maximum Gasteiger partial charge on any atom is 0.416 e. The number of amides is 2. The zero-order chi connectivity index (χ0) is 27.0. The minimum atomic E-state index is -4.52. The fourth-order valence-corrected chi connectivity index (χ4v) is 5.32. The molecule has 12 heteroatoms. The van der Waals surface area contributed by atoms with E-state index < -0.39 is 11.7 Å². The number of aryl methyl sites for hydroxylation is 1. The van der Waals surface area contributed by atoms with Crippen molar-refractivity contribution < 1.29 is 27.4 Å². The maximum atomic E-state index is 13.8. The van der Waals surface area contributed by atoms with Gasteiger partial charge in [-0.15, -0.1) is 0 Å². The van der Waals surface area contributed by atoms with Crippen molar-refractivity contribution in [2.24, 2.45) is 7.05 Å². The van der Waals surface area contributed by atoms with Crippen molar-refractivity contribution in [3.63, 3.8) is 0 Å². The number of anilines is 2. The van der Waals surface area contributed by atoms with Gasteiger partial charge in [-0.3, -0.25) is 9.58 Å². The van der Waals surface area contributed by atoms with Gasteiger partial charge in [-0.05, 0) is 24.5 Å². The van der Waals surface area contributed by atoms with Gasteiger partial charge in [-0.25, -0.2) is 9.78 Å². The first kappa shape index (κ1) is 25.7. The second-order valence-corrected chi connectivity index (χ2v) is 9.39. The highest BCUT2D eigenvalue weighted by atomic mass is 19.4. The Labute approximate surface area is 218 Å². The van der Waals surface area contributed by atoms with Crippen LogP contribution < -0.4 is 19.3 Å². The lowest BCUT2D eigenvalue weighted by atomic mass is 10.0. The first-order valence-electron chi connectivity index (χ1n) is 12.3. The van der Waals surface area contributed by atoms with E-state index in [9.17, 15) is 18.0 Å². The number of benzene rings is 1.